The van der Waals surface area contributed by atoms with Crippen LogP contribution in [0.15, 0.2) is 52.4 Å². The number of rotatable bonds is 9. The second kappa shape index (κ2) is 11.0. The van der Waals surface area contributed by atoms with Gasteiger partial charge in [-0.25, -0.2) is 0 Å². The fraction of sp³-hybridized carbons (Fsp3) is 0.429. The van der Waals surface area contributed by atoms with E-state index in [1.54, 1.807) is 38.0 Å². The molecule has 0 amide bonds. The van der Waals surface area contributed by atoms with Gasteiger partial charge in [0.25, 0.3) is 0 Å². The number of methoxy groups -OCH3 is 2. The number of benzene rings is 1. The summed E-state index contributed by atoms with van der Waals surface area (Å²) in [6, 6.07) is 11.0. The van der Waals surface area contributed by atoms with Crippen molar-refractivity contribution in [2.45, 2.75) is 25.9 Å². The van der Waals surface area contributed by atoms with E-state index >= 15 is 0 Å². The first-order valence-electron chi connectivity index (χ1n) is 9.37. The largest absolute Gasteiger partial charge is 0.497 e. The first kappa shape index (κ1) is 21.3. The van der Waals surface area contributed by atoms with Crippen LogP contribution in [-0.4, -0.2) is 50.3 Å². The summed E-state index contributed by atoms with van der Waals surface area (Å²) in [5, 5.41) is 3.37. The highest BCUT2D eigenvalue weighted by atomic mass is 16.5. The summed E-state index contributed by atoms with van der Waals surface area (Å²) in [4.78, 5) is 18.1. The molecule has 0 atom stereocenters. The number of hydrogen-bond acceptors (Lipinski definition) is 4. The van der Waals surface area contributed by atoms with Crippen molar-refractivity contribution in [1.29, 1.82) is 0 Å². The van der Waals surface area contributed by atoms with Gasteiger partial charge in [-0.3, -0.25) is 9.79 Å². The monoisotopic (exact) mass is 386 g/mol. The normalized spacial score (nSPS) is 11.2. The summed E-state index contributed by atoms with van der Waals surface area (Å²) in [7, 11) is 7.06. The van der Waals surface area contributed by atoms with Gasteiger partial charge in [0.15, 0.2) is 5.96 Å². The minimum absolute atomic E-state index is 0.0411. The lowest BCUT2D eigenvalue weighted by Gasteiger charge is -2.23. The SMILES string of the molecule is CN=C(NCCCCn1ccccc1=O)N(C)Cc1ccc(OC)cc1OC. The van der Waals surface area contributed by atoms with Gasteiger partial charge in [-0.05, 0) is 31.0 Å². The number of unbranched alkanes of at least 4 members (excludes halogenated alkanes) is 1. The van der Waals surface area contributed by atoms with Crippen LogP contribution < -0.4 is 20.3 Å². The summed E-state index contributed by atoms with van der Waals surface area (Å²) in [5.74, 6) is 2.37. The van der Waals surface area contributed by atoms with Gasteiger partial charge in [0, 0.05) is 57.6 Å². The van der Waals surface area contributed by atoms with E-state index in [9.17, 15) is 4.79 Å². The number of aromatic nitrogens is 1. The lowest BCUT2D eigenvalue weighted by Crippen LogP contribution is -2.39. The van der Waals surface area contributed by atoms with Crippen LogP contribution >= 0.6 is 0 Å². The van der Waals surface area contributed by atoms with Crippen LogP contribution in [0.25, 0.3) is 0 Å². The van der Waals surface area contributed by atoms with Crippen LogP contribution in [0.3, 0.4) is 0 Å². The molecule has 0 saturated heterocycles. The number of nitrogens with one attached hydrogen (secondary N) is 1. The van der Waals surface area contributed by atoms with Gasteiger partial charge in [0.2, 0.25) is 5.56 Å². The molecule has 0 aliphatic heterocycles. The number of ether oxygens (including phenoxy) is 2. The maximum absolute atomic E-state index is 11.7. The summed E-state index contributed by atoms with van der Waals surface area (Å²) >= 11 is 0. The molecular weight excluding hydrogens is 356 g/mol. The molecular formula is C21H30N4O3. The molecule has 28 heavy (non-hydrogen) atoms. The summed E-state index contributed by atoms with van der Waals surface area (Å²) in [6.07, 6.45) is 3.69. The Bertz CT molecular complexity index is 832. The molecule has 1 heterocycles. The Morgan fingerprint density at radius 3 is 2.68 bits per heavy atom. The van der Waals surface area contributed by atoms with E-state index in [0.717, 1.165) is 49.0 Å². The molecule has 1 aromatic heterocycles. The number of hydrogen-bond donors (Lipinski definition) is 1. The van der Waals surface area contributed by atoms with E-state index in [-0.39, 0.29) is 5.56 Å². The number of guanidine groups is 1. The van der Waals surface area contributed by atoms with E-state index in [4.69, 9.17) is 9.47 Å². The van der Waals surface area contributed by atoms with Gasteiger partial charge < -0.3 is 24.3 Å². The van der Waals surface area contributed by atoms with Crippen molar-refractivity contribution >= 4 is 5.96 Å². The average Bonchev–Trinajstić information content (AvgIpc) is 2.72. The van der Waals surface area contributed by atoms with Crippen molar-refractivity contribution < 1.29 is 9.47 Å². The zero-order chi connectivity index (χ0) is 20.4. The van der Waals surface area contributed by atoms with Crippen molar-refractivity contribution in [1.82, 2.24) is 14.8 Å². The molecule has 0 radical (unpaired) electrons. The lowest BCUT2D eigenvalue weighted by atomic mass is 10.2. The Hall–Kier alpha value is -2.96. The van der Waals surface area contributed by atoms with Crippen molar-refractivity contribution in [3.05, 3.63) is 58.5 Å². The van der Waals surface area contributed by atoms with Gasteiger partial charge in [-0.15, -0.1) is 0 Å². The molecule has 2 rings (SSSR count). The van der Waals surface area contributed by atoms with Crippen LogP contribution in [-0.2, 0) is 13.1 Å². The van der Waals surface area contributed by atoms with Crippen molar-refractivity contribution in [3.63, 3.8) is 0 Å². The van der Waals surface area contributed by atoms with E-state index in [1.807, 2.05) is 42.4 Å². The molecule has 7 heteroatoms. The average molecular weight is 386 g/mol. The molecule has 0 saturated carbocycles. The summed E-state index contributed by atoms with van der Waals surface area (Å²) in [5.41, 5.74) is 1.09. The number of nitrogens with zero attached hydrogens (tertiary/aromatic N) is 3. The Morgan fingerprint density at radius 1 is 1.18 bits per heavy atom. The van der Waals surface area contributed by atoms with E-state index in [1.165, 1.54) is 0 Å². The second-order valence-electron chi connectivity index (χ2n) is 6.45. The highest BCUT2D eigenvalue weighted by Gasteiger charge is 2.11. The maximum Gasteiger partial charge on any atom is 0.250 e. The Kier molecular flexibility index (Phi) is 8.39. The predicted octanol–water partition coefficient (Wildman–Crippen LogP) is 2.35. The molecule has 0 spiro atoms. The maximum atomic E-state index is 11.7. The van der Waals surface area contributed by atoms with Crippen molar-refractivity contribution in [2.75, 3.05) is 34.9 Å². The smallest absolute Gasteiger partial charge is 0.250 e. The van der Waals surface area contributed by atoms with E-state index < -0.39 is 0 Å². The highest BCUT2D eigenvalue weighted by Crippen LogP contribution is 2.25. The molecule has 2 aromatic rings. The fourth-order valence-corrected chi connectivity index (χ4v) is 2.95. The summed E-state index contributed by atoms with van der Waals surface area (Å²) in [6.45, 7) is 2.17. The van der Waals surface area contributed by atoms with Crippen LogP contribution in [0.2, 0.25) is 0 Å². The van der Waals surface area contributed by atoms with Gasteiger partial charge in [0.05, 0.1) is 14.2 Å². The van der Waals surface area contributed by atoms with Crippen LogP contribution in [0, 0.1) is 0 Å². The van der Waals surface area contributed by atoms with E-state index in [0.29, 0.717) is 6.54 Å². The summed E-state index contributed by atoms with van der Waals surface area (Å²) < 4.78 is 12.5. The molecule has 1 aromatic carbocycles. The molecule has 0 fully saturated rings. The topological polar surface area (TPSA) is 68.1 Å². The Morgan fingerprint density at radius 2 is 2.00 bits per heavy atom. The molecule has 1 N–H and O–H groups in total. The fourth-order valence-electron chi connectivity index (χ4n) is 2.95. The minimum atomic E-state index is 0.0411. The predicted molar refractivity (Wildman–Crippen MR) is 112 cm³/mol. The van der Waals surface area contributed by atoms with Gasteiger partial charge in [-0.2, -0.15) is 0 Å². The number of pyridine rings is 1. The number of aliphatic imine (C=N–C) groups is 1. The van der Waals surface area contributed by atoms with Crippen LogP contribution in [0.4, 0.5) is 0 Å². The Balaban J connectivity index is 1.83. The first-order chi connectivity index (χ1) is 13.6. The molecule has 0 aliphatic rings. The lowest BCUT2D eigenvalue weighted by molar-refractivity contribution is 0.382. The highest BCUT2D eigenvalue weighted by molar-refractivity contribution is 5.79. The van der Waals surface area contributed by atoms with Crippen LogP contribution in [0.5, 0.6) is 11.5 Å². The standard InChI is InChI=1S/C21H30N4O3/c1-22-21(23-12-6-8-14-25-13-7-5-9-20(25)26)24(2)16-17-10-11-18(27-3)15-19(17)28-4/h5,7,9-11,13,15H,6,8,12,14,16H2,1-4H3,(H,22,23). The van der Waals surface area contributed by atoms with E-state index in [2.05, 4.69) is 10.3 Å². The minimum Gasteiger partial charge on any atom is -0.497 e. The Labute approximate surface area is 166 Å². The first-order valence-corrected chi connectivity index (χ1v) is 9.37. The second-order valence-corrected chi connectivity index (χ2v) is 6.45. The van der Waals surface area contributed by atoms with Gasteiger partial charge in [0.1, 0.15) is 11.5 Å². The molecule has 0 bridgehead atoms. The quantitative estimate of drug-likeness (QED) is 0.407. The zero-order valence-electron chi connectivity index (χ0n) is 17.1. The third-order valence-corrected chi connectivity index (χ3v) is 4.48. The number of aryl methyl sites for hydroxylation is 1. The van der Waals surface area contributed by atoms with Gasteiger partial charge >= 0.3 is 0 Å². The zero-order valence-corrected chi connectivity index (χ0v) is 17.1. The third-order valence-electron chi connectivity index (χ3n) is 4.48. The molecule has 0 unspecified atom stereocenters. The van der Waals surface area contributed by atoms with Gasteiger partial charge in [-0.1, -0.05) is 6.07 Å². The molecule has 152 valence electrons. The van der Waals surface area contributed by atoms with Crippen LogP contribution in [0.1, 0.15) is 18.4 Å². The molecule has 7 nitrogen and oxygen atoms in total. The molecule has 0 aliphatic carbocycles. The third kappa shape index (κ3) is 6.04. The van der Waals surface area contributed by atoms with Crippen molar-refractivity contribution in [3.8, 4) is 11.5 Å². The van der Waals surface area contributed by atoms with Crippen molar-refractivity contribution in [2.24, 2.45) is 4.99 Å².